The summed E-state index contributed by atoms with van der Waals surface area (Å²) in [5, 5.41) is 4.47. The Bertz CT molecular complexity index is 578. The fourth-order valence-corrected chi connectivity index (χ4v) is 2.86. The van der Waals surface area contributed by atoms with Gasteiger partial charge in [-0.15, -0.1) is 0 Å². The highest BCUT2D eigenvalue weighted by atomic mass is 15.2. The zero-order valence-corrected chi connectivity index (χ0v) is 11.3. The van der Waals surface area contributed by atoms with Crippen LogP contribution in [0, 0.1) is 5.92 Å². The van der Waals surface area contributed by atoms with Crippen LogP contribution in [0.3, 0.4) is 0 Å². The molecule has 19 heavy (non-hydrogen) atoms. The van der Waals surface area contributed by atoms with E-state index in [0.29, 0.717) is 17.9 Å². The number of nitrogen functional groups attached to an aromatic ring is 1. The Balaban J connectivity index is 2.00. The zero-order valence-electron chi connectivity index (χ0n) is 11.3. The van der Waals surface area contributed by atoms with Gasteiger partial charge in [-0.25, -0.2) is 0 Å². The van der Waals surface area contributed by atoms with E-state index in [1.807, 2.05) is 12.3 Å². The van der Waals surface area contributed by atoms with Crippen molar-refractivity contribution in [1.29, 1.82) is 0 Å². The molecule has 102 valence electrons. The second-order valence-corrected chi connectivity index (χ2v) is 5.29. The molecule has 2 aromatic rings. The first-order chi connectivity index (χ1) is 9.16. The monoisotopic (exact) mass is 260 g/mol. The Morgan fingerprint density at radius 1 is 1.42 bits per heavy atom. The molecule has 1 aliphatic heterocycles. The topological polar surface area (TPSA) is 82.9 Å². The quantitative estimate of drug-likeness (QED) is 0.749. The smallest absolute Gasteiger partial charge is 0.223 e. The van der Waals surface area contributed by atoms with Gasteiger partial charge in [0.05, 0.1) is 5.39 Å². The van der Waals surface area contributed by atoms with Crippen LogP contribution in [0.25, 0.3) is 11.0 Å². The summed E-state index contributed by atoms with van der Waals surface area (Å²) < 4.78 is 0. The minimum Gasteiger partial charge on any atom is -0.368 e. The Morgan fingerprint density at radius 3 is 3.05 bits per heavy atom. The number of rotatable bonds is 2. The molecule has 0 radical (unpaired) electrons. The number of piperidine rings is 1. The van der Waals surface area contributed by atoms with Gasteiger partial charge >= 0.3 is 0 Å². The summed E-state index contributed by atoms with van der Waals surface area (Å²) in [7, 11) is 2.09. The summed E-state index contributed by atoms with van der Waals surface area (Å²) in [5.74, 6) is 1.86. The molecule has 1 saturated heterocycles. The van der Waals surface area contributed by atoms with Gasteiger partial charge in [0.2, 0.25) is 5.95 Å². The van der Waals surface area contributed by atoms with Crippen LogP contribution in [-0.2, 0) is 0 Å². The van der Waals surface area contributed by atoms with Crippen molar-refractivity contribution < 1.29 is 0 Å². The number of likely N-dealkylation sites (N-methyl/N-ethyl adjacent to an activating group) is 1. The van der Waals surface area contributed by atoms with Gasteiger partial charge in [0.1, 0.15) is 11.5 Å². The second-order valence-electron chi connectivity index (χ2n) is 5.29. The number of fused-ring (bicyclic) bond motifs is 1. The summed E-state index contributed by atoms with van der Waals surface area (Å²) in [4.78, 5) is 14.0. The van der Waals surface area contributed by atoms with Crippen molar-refractivity contribution >= 4 is 22.8 Å². The molecule has 0 saturated carbocycles. The van der Waals surface area contributed by atoms with E-state index in [4.69, 9.17) is 5.73 Å². The van der Waals surface area contributed by atoms with Crippen LogP contribution in [0.4, 0.5) is 11.8 Å². The van der Waals surface area contributed by atoms with Crippen LogP contribution >= 0.6 is 0 Å². The van der Waals surface area contributed by atoms with Crippen molar-refractivity contribution in [2.24, 2.45) is 5.92 Å². The van der Waals surface area contributed by atoms with Gasteiger partial charge in [-0.05, 0) is 24.9 Å². The summed E-state index contributed by atoms with van der Waals surface area (Å²) >= 11 is 0. The van der Waals surface area contributed by atoms with Crippen LogP contribution in [0.1, 0.15) is 13.3 Å². The van der Waals surface area contributed by atoms with E-state index in [1.165, 1.54) is 6.42 Å². The average molecular weight is 260 g/mol. The Hall–Kier alpha value is -1.82. The van der Waals surface area contributed by atoms with Gasteiger partial charge in [0.15, 0.2) is 0 Å². The van der Waals surface area contributed by atoms with Crippen LogP contribution < -0.4 is 16.0 Å². The van der Waals surface area contributed by atoms with E-state index in [-0.39, 0.29) is 0 Å². The fourth-order valence-electron chi connectivity index (χ4n) is 2.86. The fraction of sp³-hybridized carbons (Fsp3) is 0.538. The summed E-state index contributed by atoms with van der Waals surface area (Å²) in [6.45, 7) is 4.37. The number of nitrogens with one attached hydrogen (secondary N) is 2. The largest absolute Gasteiger partial charge is 0.368 e. The SMILES string of the molecule is CC1CCNCC1N(C)c1nc(N)nc2[nH]ccc12. The van der Waals surface area contributed by atoms with E-state index in [1.54, 1.807) is 0 Å². The molecule has 0 spiro atoms. The molecule has 0 amide bonds. The molecule has 3 rings (SSSR count). The molecular formula is C13H20N6. The average Bonchev–Trinajstić information content (AvgIpc) is 2.85. The summed E-state index contributed by atoms with van der Waals surface area (Å²) in [5.41, 5.74) is 6.60. The third-order valence-electron chi connectivity index (χ3n) is 4.03. The third-order valence-corrected chi connectivity index (χ3v) is 4.03. The van der Waals surface area contributed by atoms with Gasteiger partial charge in [0, 0.05) is 25.8 Å². The first kappa shape index (κ1) is 12.2. The molecule has 0 aromatic carbocycles. The van der Waals surface area contributed by atoms with E-state index >= 15 is 0 Å². The molecule has 1 aliphatic rings. The van der Waals surface area contributed by atoms with E-state index in [9.17, 15) is 0 Å². The lowest BCUT2D eigenvalue weighted by Crippen LogP contribution is -2.49. The van der Waals surface area contributed by atoms with E-state index in [2.05, 4.69) is 39.1 Å². The van der Waals surface area contributed by atoms with Crippen LogP contribution in [0.2, 0.25) is 0 Å². The predicted molar refractivity (Wildman–Crippen MR) is 77.1 cm³/mol. The molecule has 6 heteroatoms. The zero-order chi connectivity index (χ0) is 13.4. The maximum Gasteiger partial charge on any atom is 0.223 e. The maximum absolute atomic E-state index is 5.80. The number of anilines is 2. The lowest BCUT2D eigenvalue weighted by Gasteiger charge is -2.37. The van der Waals surface area contributed by atoms with Crippen molar-refractivity contribution in [2.45, 2.75) is 19.4 Å². The molecule has 0 aliphatic carbocycles. The summed E-state index contributed by atoms with van der Waals surface area (Å²) in [6.07, 6.45) is 3.06. The maximum atomic E-state index is 5.80. The molecule has 2 aromatic heterocycles. The Morgan fingerprint density at radius 2 is 2.26 bits per heavy atom. The summed E-state index contributed by atoms with van der Waals surface area (Å²) in [6, 6.07) is 2.43. The van der Waals surface area contributed by atoms with Gasteiger partial charge in [0.25, 0.3) is 0 Å². The molecule has 0 bridgehead atoms. The lowest BCUT2D eigenvalue weighted by atomic mass is 9.93. The lowest BCUT2D eigenvalue weighted by molar-refractivity contribution is 0.338. The highest BCUT2D eigenvalue weighted by Gasteiger charge is 2.27. The first-order valence-electron chi connectivity index (χ1n) is 6.71. The molecule has 2 unspecified atom stereocenters. The standard InChI is InChI=1S/C13H20N6/c1-8-3-5-15-7-10(8)19(2)12-9-4-6-16-11(9)17-13(14)18-12/h4,6,8,10,15H,3,5,7H2,1-2H3,(H3,14,16,17,18). The van der Waals surface area contributed by atoms with Gasteiger partial charge in [-0.2, -0.15) is 9.97 Å². The van der Waals surface area contributed by atoms with Gasteiger partial charge in [-0.3, -0.25) is 0 Å². The van der Waals surface area contributed by atoms with Crippen molar-refractivity contribution in [2.75, 3.05) is 30.8 Å². The van der Waals surface area contributed by atoms with Gasteiger partial charge < -0.3 is 20.9 Å². The Kier molecular flexibility index (Phi) is 3.02. The van der Waals surface area contributed by atoms with E-state index < -0.39 is 0 Å². The minimum atomic E-state index is 0.313. The van der Waals surface area contributed by atoms with Crippen LogP contribution in [0.5, 0.6) is 0 Å². The number of hydrogen-bond acceptors (Lipinski definition) is 5. The highest BCUT2D eigenvalue weighted by Crippen LogP contribution is 2.27. The van der Waals surface area contributed by atoms with Crippen molar-refractivity contribution in [3.8, 4) is 0 Å². The van der Waals surface area contributed by atoms with Crippen molar-refractivity contribution in [3.05, 3.63) is 12.3 Å². The molecule has 2 atom stereocenters. The first-order valence-corrected chi connectivity index (χ1v) is 6.71. The molecule has 3 heterocycles. The van der Waals surface area contributed by atoms with Crippen LogP contribution in [-0.4, -0.2) is 41.1 Å². The number of H-pyrrole nitrogens is 1. The minimum absolute atomic E-state index is 0.313. The number of aromatic amines is 1. The number of hydrogen-bond donors (Lipinski definition) is 3. The van der Waals surface area contributed by atoms with Crippen molar-refractivity contribution in [3.63, 3.8) is 0 Å². The molecule has 4 N–H and O–H groups in total. The Labute approximate surface area is 112 Å². The number of nitrogens with two attached hydrogens (primary N) is 1. The normalized spacial score (nSPS) is 23.7. The molecular weight excluding hydrogens is 240 g/mol. The third kappa shape index (κ3) is 2.12. The highest BCUT2D eigenvalue weighted by molar-refractivity contribution is 5.88. The molecule has 1 fully saturated rings. The van der Waals surface area contributed by atoms with Gasteiger partial charge in [-0.1, -0.05) is 6.92 Å². The second kappa shape index (κ2) is 4.70. The van der Waals surface area contributed by atoms with E-state index in [0.717, 1.165) is 29.9 Å². The van der Waals surface area contributed by atoms with Crippen LogP contribution in [0.15, 0.2) is 12.3 Å². The number of nitrogens with zero attached hydrogens (tertiary/aromatic N) is 3. The molecule has 6 nitrogen and oxygen atoms in total. The van der Waals surface area contributed by atoms with Crippen molar-refractivity contribution in [1.82, 2.24) is 20.3 Å². The predicted octanol–water partition coefficient (Wildman–Crippen LogP) is 0.974. The number of aromatic nitrogens is 3.